The van der Waals surface area contributed by atoms with Crippen LogP contribution in [0.15, 0.2) is 0 Å². The van der Waals surface area contributed by atoms with Gasteiger partial charge in [0.05, 0.1) is 13.2 Å². The van der Waals surface area contributed by atoms with Gasteiger partial charge in [-0.3, -0.25) is 14.4 Å². The molecule has 2 saturated heterocycles. The van der Waals surface area contributed by atoms with Crippen molar-refractivity contribution in [3.05, 3.63) is 0 Å². The average molecular weight is 266 g/mol. The molecule has 2 atom stereocenters. The van der Waals surface area contributed by atoms with E-state index in [1.807, 2.05) is 5.32 Å². The lowest BCUT2D eigenvalue weighted by molar-refractivity contribution is -0.184. The first kappa shape index (κ1) is 13.1. The summed E-state index contributed by atoms with van der Waals surface area (Å²) >= 11 is 0. The molecule has 18 heavy (non-hydrogen) atoms. The molecule has 2 heterocycles. The van der Waals surface area contributed by atoms with Gasteiger partial charge in [-0.1, -0.05) is 0 Å². The van der Waals surface area contributed by atoms with E-state index in [0.717, 1.165) is 5.06 Å². The Labute approximate surface area is 101 Å². The highest BCUT2D eigenvalue weighted by Crippen LogP contribution is 2.29. The van der Waals surface area contributed by atoms with Crippen molar-refractivity contribution in [3.63, 3.8) is 0 Å². The Morgan fingerprint density at radius 1 is 1.39 bits per heavy atom. The Bertz CT molecular complexity index is 353. The molecule has 0 bridgehead atoms. The second kappa shape index (κ2) is 4.75. The lowest BCUT2D eigenvalue weighted by atomic mass is 9.92. The molecule has 0 spiro atoms. The van der Waals surface area contributed by atoms with E-state index in [1.54, 1.807) is 0 Å². The van der Waals surface area contributed by atoms with E-state index in [2.05, 4.69) is 0 Å². The Balaban J connectivity index is 1.97. The van der Waals surface area contributed by atoms with Crippen molar-refractivity contribution in [2.75, 3.05) is 13.2 Å². The number of alkyl halides is 3. The normalized spacial score (nSPS) is 29.3. The number of nitrogens with zero attached hydrogens (tertiary/aromatic N) is 1. The third-order valence-electron chi connectivity index (χ3n) is 3.07. The van der Waals surface area contributed by atoms with Gasteiger partial charge in [0.2, 0.25) is 5.91 Å². The zero-order valence-corrected chi connectivity index (χ0v) is 9.50. The molecule has 2 fully saturated rings. The van der Waals surface area contributed by atoms with Crippen LogP contribution in [0.25, 0.3) is 0 Å². The van der Waals surface area contributed by atoms with Crippen molar-refractivity contribution in [2.24, 2.45) is 5.92 Å². The van der Waals surface area contributed by atoms with E-state index in [0.29, 0.717) is 19.6 Å². The summed E-state index contributed by atoms with van der Waals surface area (Å²) in [5, 5.41) is 2.91. The van der Waals surface area contributed by atoms with Gasteiger partial charge in [0, 0.05) is 0 Å². The van der Waals surface area contributed by atoms with Crippen molar-refractivity contribution in [1.82, 2.24) is 10.4 Å². The molecule has 2 aliphatic heterocycles. The fourth-order valence-corrected chi connectivity index (χ4v) is 2.09. The maximum absolute atomic E-state index is 12.4. The lowest BCUT2D eigenvalue weighted by Gasteiger charge is -2.31. The molecule has 0 aromatic rings. The molecular formula is C10H13F3N2O3. The molecule has 5 nitrogen and oxygen atoms in total. The minimum atomic E-state index is -4.46. The first-order valence-corrected chi connectivity index (χ1v) is 5.71. The molecule has 102 valence electrons. The molecule has 0 aromatic carbocycles. The second-order valence-corrected chi connectivity index (χ2v) is 4.36. The molecule has 2 rings (SSSR count). The van der Waals surface area contributed by atoms with E-state index < -0.39 is 30.0 Å². The Kier molecular flexibility index (Phi) is 3.47. The van der Waals surface area contributed by atoms with Crippen LogP contribution in [-0.2, 0) is 14.4 Å². The SMILES string of the molecule is O=C1N[C@H](C(F)(F)F)CC[C@@H]1C(=O)N1CCCO1. The van der Waals surface area contributed by atoms with E-state index in [-0.39, 0.29) is 12.8 Å². The van der Waals surface area contributed by atoms with E-state index >= 15 is 0 Å². The highest BCUT2D eigenvalue weighted by Gasteiger charge is 2.46. The van der Waals surface area contributed by atoms with Crippen LogP contribution in [0, 0.1) is 5.92 Å². The van der Waals surface area contributed by atoms with Crippen molar-refractivity contribution in [2.45, 2.75) is 31.5 Å². The molecule has 2 aliphatic rings. The lowest BCUT2D eigenvalue weighted by Crippen LogP contribution is -2.54. The largest absolute Gasteiger partial charge is 0.408 e. The van der Waals surface area contributed by atoms with Crippen molar-refractivity contribution >= 4 is 11.8 Å². The zero-order chi connectivity index (χ0) is 13.3. The maximum Gasteiger partial charge on any atom is 0.408 e. The van der Waals surface area contributed by atoms with Crippen LogP contribution in [-0.4, -0.2) is 42.2 Å². The fourth-order valence-electron chi connectivity index (χ4n) is 2.09. The maximum atomic E-state index is 12.4. The Morgan fingerprint density at radius 2 is 2.11 bits per heavy atom. The molecule has 0 aromatic heterocycles. The van der Waals surface area contributed by atoms with Crippen LogP contribution in [0.1, 0.15) is 19.3 Å². The van der Waals surface area contributed by atoms with Gasteiger partial charge >= 0.3 is 6.18 Å². The summed E-state index contributed by atoms with van der Waals surface area (Å²) in [5.74, 6) is -2.49. The first-order chi connectivity index (χ1) is 8.39. The summed E-state index contributed by atoms with van der Waals surface area (Å²) in [5.41, 5.74) is 0. The Morgan fingerprint density at radius 3 is 2.61 bits per heavy atom. The monoisotopic (exact) mass is 266 g/mol. The van der Waals surface area contributed by atoms with E-state index in [9.17, 15) is 22.8 Å². The predicted molar refractivity (Wildman–Crippen MR) is 53.0 cm³/mol. The van der Waals surface area contributed by atoms with Gasteiger partial charge in [0.15, 0.2) is 0 Å². The van der Waals surface area contributed by atoms with E-state index in [1.165, 1.54) is 0 Å². The summed E-state index contributed by atoms with van der Waals surface area (Å²) in [6, 6.07) is -1.85. The van der Waals surface area contributed by atoms with Crippen LogP contribution < -0.4 is 5.32 Å². The molecular weight excluding hydrogens is 253 g/mol. The van der Waals surface area contributed by atoms with Gasteiger partial charge in [-0.25, -0.2) is 5.06 Å². The number of piperidine rings is 1. The average Bonchev–Trinajstić information content (AvgIpc) is 2.80. The molecule has 0 unspecified atom stereocenters. The molecule has 1 N–H and O–H groups in total. The van der Waals surface area contributed by atoms with Crippen molar-refractivity contribution < 1.29 is 27.6 Å². The van der Waals surface area contributed by atoms with Crippen LogP contribution in [0.4, 0.5) is 13.2 Å². The van der Waals surface area contributed by atoms with Crippen LogP contribution in [0.3, 0.4) is 0 Å². The summed E-state index contributed by atoms with van der Waals surface area (Å²) in [6.45, 7) is 0.774. The van der Waals surface area contributed by atoms with Crippen molar-refractivity contribution in [1.29, 1.82) is 0 Å². The van der Waals surface area contributed by atoms with Gasteiger partial charge in [-0.2, -0.15) is 13.2 Å². The predicted octanol–water partition coefficient (Wildman–Crippen LogP) is 0.607. The number of hydroxylamine groups is 2. The third kappa shape index (κ3) is 2.58. The standard InChI is InChI=1S/C10H13F3N2O3/c11-10(12,13)7-3-2-6(8(16)14-7)9(17)15-4-1-5-18-15/h6-7H,1-5H2,(H,14,16)/t6-,7-/m0/s1. The van der Waals surface area contributed by atoms with Gasteiger partial charge in [-0.05, 0) is 19.3 Å². The van der Waals surface area contributed by atoms with Gasteiger partial charge in [0.1, 0.15) is 12.0 Å². The summed E-state index contributed by atoms with van der Waals surface area (Å²) < 4.78 is 37.2. The molecule has 8 heteroatoms. The third-order valence-corrected chi connectivity index (χ3v) is 3.07. The zero-order valence-electron chi connectivity index (χ0n) is 9.50. The molecule has 0 saturated carbocycles. The fraction of sp³-hybridized carbons (Fsp3) is 0.800. The van der Waals surface area contributed by atoms with Gasteiger partial charge < -0.3 is 5.32 Å². The van der Waals surface area contributed by atoms with Crippen LogP contribution in [0.2, 0.25) is 0 Å². The van der Waals surface area contributed by atoms with Gasteiger partial charge in [-0.15, -0.1) is 0 Å². The first-order valence-electron chi connectivity index (χ1n) is 5.71. The van der Waals surface area contributed by atoms with Gasteiger partial charge in [0.25, 0.3) is 5.91 Å². The number of nitrogens with one attached hydrogen (secondary N) is 1. The number of carbonyl (C=O) groups excluding carboxylic acids is 2. The molecule has 0 radical (unpaired) electrons. The van der Waals surface area contributed by atoms with Crippen LogP contribution in [0.5, 0.6) is 0 Å². The highest BCUT2D eigenvalue weighted by atomic mass is 19.4. The number of amides is 2. The number of rotatable bonds is 1. The number of hydrogen-bond donors (Lipinski definition) is 1. The minimum absolute atomic E-state index is 0.102. The number of halogens is 3. The Hall–Kier alpha value is -1.31. The summed E-state index contributed by atoms with van der Waals surface area (Å²) in [4.78, 5) is 28.4. The second-order valence-electron chi connectivity index (χ2n) is 4.36. The smallest absolute Gasteiger partial charge is 0.344 e. The van der Waals surface area contributed by atoms with Crippen molar-refractivity contribution in [3.8, 4) is 0 Å². The minimum Gasteiger partial charge on any atom is -0.344 e. The number of hydrogen-bond acceptors (Lipinski definition) is 3. The highest BCUT2D eigenvalue weighted by molar-refractivity contribution is 6.00. The van der Waals surface area contributed by atoms with E-state index in [4.69, 9.17) is 4.84 Å². The summed E-state index contributed by atoms with van der Waals surface area (Å²) in [7, 11) is 0. The van der Waals surface area contributed by atoms with Crippen LogP contribution >= 0.6 is 0 Å². The molecule has 0 aliphatic carbocycles. The number of carbonyl (C=O) groups is 2. The quantitative estimate of drug-likeness (QED) is 0.707. The summed E-state index contributed by atoms with van der Waals surface area (Å²) in [6.07, 6.45) is -4.17. The molecule has 2 amide bonds. The topological polar surface area (TPSA) is 58.6 Å².